The maximum absolute atomic E-state index is 16.0. The van der Waals surface area contributed by atoms with E-state index in [2.05, 4.69) is 47.5 Å². The molecule has 4 unspecified atom stereocenters. The zero-order chi connectivity index (χ0) is 57.2. The van der Waals surface area contributed by atoms with Crippen LogP contribution in [0.4, 0.5) is 4.79 Å². The average Bonchev–Trinajstić information content (AvgIpc) is 3.94. The molecule has 5 aliphatic rings. The molecule has 78 heavy (non-hydrogen) atoms. The number of primary amides is 1. The molecular weight excluding hydrogens is 1040 g/mol. The average molecular weight is 1110 g/mol. The lowest BCUT2D eigenvalue weighted by Crippen LogP contribution is -2.68. The maximum Gasteiger partial charge on any atom is 0.407 e. The zero-order valence-electron chi connectivity index (χ0n) is 44.8. The van der Waals surface area contributed by atoms with Gasteiger partial charge in [-0.25, -0.2) is 9.69 Å². The van der Waals surface area contributed by atoms with Gasteiger partial charge in [0.25, 0.3) is 0 Å². The normalized spacial score (nSPS) is 27.3. The van der Waals surface area contributed by atoms with Crippen molar-refractivity contribution < 1.29 is 72.7 Å². The quantitative estimate of drug-likeness (QED) is 0.0907. The van der Waals surface area contributed by atoms with Gasteiger partial charge in [-0.05, 0) is 63.6 Å². The second kappa shape index (κ2) is 26.4. The molecule has 1 aromatic carbocycles. The van der Waals surface area contributed by atoms with Crippen molar-refractivity contribution in [3.05, 3.63) is 23.8 Å². The van der Waals surface area contributed by atoms with Gasteiger partial charge in [0.15, 0.2) is 0 Å². The summed E-state index contributed by atoms with van der Waals surface area (Å²) in [4.78, 5) is 146. The number of fused-ring (bicyclic) bond motifs is 7. The molecule has 0 saturated carbocycles. The number of carbonyl (C=O) groups excluding carboxylic acids is 10. The number of unbranched alkanes of at least 4 members (excludes halogenated alkanes) is 3. The van der Waals surface area contributed by atoms with E-state index in [1.54, 1.807) is 46.8 Å². The summed E-state index contributed by atoms with van der Waals surface area (Å²) in [5, 5.41) is 54.5. The first kappa shape index (κ1) is 60.7. The summed E-state index contributed by atoms with van der Waals surface area (Å²) in [6, 6.07) is -4.68. The third-order valence-electron chi connectivity index (χ3n) is 14.4. The van der Waals surface area contributed by atoms with Gasteiger partial charge >= 0.3 is 6.09 Å². The molecular formula is C51H75N11O15S. The number of nitrogens with one attached hydrogen (secondary N) is 9. The molecule has 26 nitrogen and oxygen atoms in total. The second-order valence-corrected chi connectivity index (χ2v) is 22.5. The Balaban J connectivity index is 1.57. The number of rotatable bonds is 14. The number of thioether (sulfide) groups is 1. The van der Waals surface area contributed by atoms with E-state index >= 15 is 9.59 Å². The highest BCUT2D eigenvalue weighted by Crippen LogP contribution is 2.40. The molecule has 1 saturated heterocycles. The Kier molecular flexibility index (Phi) is 20.5. The molecule has 0 aliphatic carbocycles. The van der Waals surface area contributed by atoms with Crippen LogP contribution in [0.1, 0.15) is 98.5 Å². The molecule has 6 heterocycles. The summed E-state index contributed by atoms with van der Waals surface area (Å²) in [5.74, 6) is -10.3. The minimum absolute atomic E-state index is 0.0372. The number of nitrogens with zero attached hydrogens (tertiary/aromatic N) is 1. The highest BCUT2D eigenvalue weighted by molar-refractivity contribution is 7.99. The van der Waals surface area contributed by atoms with E-state index in [1.807, 2.05) is 0 Å². The number of ketones is 1. The smallest absolute Gasteiger partial charge is 0.407 e. The summed E-state index contributed by atoms with van der Waals surface area (Å²) < 4.78 is 12.3. The minimum atomic E-state index is -2.37. The van der Waals surface area contributed by atoms with Crippen LogP contribution in [0.25, 0.3) is 10.9 Å². The molecule has 430 valence electrons. The zero-order valence-corrected chi connectivity index (χ0v) is 45.6. The van der Waals surface area contributed by atoms with Crippen LogP contribution in [0, 0.1) is 11.8 Å². The minimum Gasteiger partial charge on any atom is -0.465 e. The number of carbonyl (C=O) groups is 10. The van der Waals surface area contributed by atoms with Crippen molar-refractivity contribution in [2.45, 2.75) is 164 Å². The van der Waals surface area contributed by atoms with Crippen LogP contribution in [0.15, 0.2) is 23.2 Å². The van der Waals surface area contributed by atoms with Crippen molar-refractivity contribution in [2.24, 2.45) is 17.6 Å². The molecule has 11 atom stereocenters. The Bertz CT molecular complexity index is 2590. The van der Waals surface area contributed by atoms with E-state index in [1.165, 1.54) is 17.9 Å². The first-order valence-electron chi connectivity index (χ1n) is 26.4. The first-order valence-corrected chi connectivity index (χ1v) is 27.4. The van der Waals surface area contributed by atoms with Crippen LogP contribution >= 0.6 is 11.8 Å². The summed E-state index contributed by atoms with van der Waals surface area (Å²) in [6.07, 6.45) is -3.48. The second-order valence-electron chi connectivity index (χ2n) is 21.4. The van der Waals surface area contributed by atoms with Crippen molar-refractivity contribution in [1.82, 2.24) is 52.4 Å². The molecule has 14 N–H and O–H groups in total. The predicted molar refractivity (Wildman–Crippen MR) is 281 cm³/mol. The molecule has 8 bridgehead atoms. The van der Waals surface area contributed by atoms with Gasteiger partial charge in [-0.15, -0.1) is 11.8 Å². The van der Waals surface area contributed by atoms with Gasteiger partial charge in [0.1, 0.15) is 41.6 Å². The Hall–Kier alpha value is -6.55. The summed E-state index contributed by atoms with van der Waals surface area (Å²) in [5.41, 5.74) is 3.46. The number of H-pyrrole nitrogens is 1. The molecule has 7 rings (SSSR count). The van der Waals surface area contributed by atoms with Crippen molar-refractivity contribution in [3.8, 4) is 5.75 Å². The number of aliphatic hydroxyl groups excluding tert-OH is 3. The number of benzene rings is 1. The topological polar surface area (TPSA) is 391 Å². The fraction of sp³-hybridized carbons (Fsp3) is 0.647. The van der Waals surface area contributed by atoms with Crippen molar-refractivity contribution in [1.29, 1.82) is 0 Å². The van der Waals surface area contributed by atoms with Crippen molar-refractivity contribution in [2.75, 3.05) is 38.5 Å². The lowest BCUT2D eigenvalue weighted by atomic mass is 9.89. The molecule has 0 spiro atoms. The Morgan fingerprint density at radius 1 is 0.885 bits per heavy atom. The first-order chi connectivity index (χ1) is 36.8. The lowest BCUT2D eigenvalue weighted by molar-refractivity contribution is -0.166. The lowest BCUT2D eigenvalue weighted by Gasteiger charge is -2.45. The van der Waals surface area contributed by atoms with Gasteiger partial charge in [0.05, 0.1) is 54.9 Å². The number of aromatic nitrogens is 1. The van der Waals surface area contributed by atoms with E-state index in [0.29, 0.717) is 47.2 Å². The number of hydrogen-bond donors (Lipinski definition) is 13. The molecule has 5 aliphatic heterocycles. The number of aliphatic hydroxyl groups is 3. The standard InChI is InChI=1S/C51H75N11O15S/c1-7-25(2)40-46(73)55-20-38(67)56-34-24-78-48-30-18-33(43(70)54-21-39(68)60-40)58-47(74)41(26(3)36(65)23-63)61-45(72)35-16-27(64)22-62(35)51(42(69)32(19-37(52)66)57-44(34)71,76-28-12-13-29(30)31(17-28)59-48)14-10-8-9-11-15-53-49(75)77-50(4,5)6/h12-13,17,25-27,32-36,40-41,59,63-65H,7-11,14-16,18-24H2,1-6H3,(H2,52,66)(H,53,75)(H,54,70)(H,55,73)(H,56,67)(H,57,71)(H,58,74)(H,60,68)(H,61,72)/t25-,26-,27?,32-,33?,34?,35-,36-,40-,41-,51?/m0/s1. The molecule has 2 aromatic rings. The van der Waals surface area contributed by atoms with E-state index in [9.17, 15) is 53.7 Å². The largest absolute Gasteiger partial charge is 0.465 e. The SMILES string of the molecule is CC[C@H](C)[C@@H]1NC(=O)CNC(=O)C2Cc3c4[nH]c5cc(ccc35)OC(CCCCCCNC(=O)OC(C)(C)C)(C(=O)[C@H](CC(N)=O)NC(=O)C(CS4)NC(=O)CNC1=O)N1CC(O)C[C@H]1C(=O)N[C@@H]([C@@H](C)[C@@H](O)CO)C(=O)N2. The summed E-state index contributed by atoms with van der Waals surface area (Å²) >= 11 is 1.00. The third kappa shape index (κ3) is 15.2. The van der Waals surface area contributed by atoms with E-state index < -0.39 is 163 Å². The fourth-order valence-electron chi connectivity index (χ4n) is 9.96. The van der Waals surface area contributed by atoms with Crippen LogP contribution in [0.3, 0.4) is 0 Å². The molecule has 1 aromatic heterocycles. The highest BCUT2D eigenvalue weighted by atomic mass is 32.2. The van der Waals surface area contributed by atoms with Crippen LogP contribution in [0.2, 0.25) is 0 Å². The van der Waals surface area contributed by atoms with Crippen LogP contribution in [-0.4, -0.2) is 183 Å². The van der Waals surface area contributed by atoms with Gasteiger partial charge in [0, 0.05) is 49.1 Å². The van der Waals surface area contributed by atoms with Crippen LogP contribution < -0.4 is 53.0 Å². The van der Waals surface area contributed by atoms with Gasteiger partial charge < -0.3 is 78.0 Å². The molecule has 9 amide bonds. The van der Waals surface area contributed by atoms with Gasteiger partial charge in [-0.3, -0.25) is 43.2 Å². The Labute approximate surface area is 455 Å². The Morgan fingerprint density at radius 3 is 2.26 bits per heavy atom. The van der Waals surface area contributed by atoms with Gasteiger partial charge in [-0.1, -0.05) is 40.0 Å². The molecule has 1 fully saturated rings. The number of aromatic amines is 1. The number of alkyl carbamates (subject to hydrolysis) is 1. The maximum atomic E-state index is 16.0. The molecule has 27 heteroatoms. The number of Topliss-reactive ketones (excluding diaryl/α,β-unsaturated/α-hetero) is 1. The van der Waals surface area contributed by atoms with Gasteiger partial charge in [0.2, 0.25) is 58.8 Å². The van der Waals surface area contributed by atoms with E-state index in [4.69, 9.17) is 15.2 Å². The fourth-order valence-corrected chi connectivity index (χ4v) is 11.1. The number of ether oxygens (including phenoxy) is 2. The van der Waals surface area contributed by atoms with Crippen molar-refractivity contribution in [3.63, 3.8) is 0 Å². The number of nitrogens with two attached hydrogens (primary N) is 1. The number of amides is 9. The van der Waals surface area contributed by atoms with Gasteiger partial charge in [-0.2, -0.15) is 0 Å². The highest BCUT2D eigenvalue weighted by Gasteiger charge is 2.57. The summed E-state index contributed by atoms with van der Waals surface area (Å²) in [6.45, 7) is 7.61. The van der Waals surface area contributed by atoms with E-state index in [0.717, 1.165) is 11.8 Å². The van der Waals surface area contributed by atoms with Crippen LogP contribution in [0.5, 0.6) is 5.75 Å². The van der Waals surface area contributed by atoms with E-state index in [-0.39, 0.29) is 43.7 Å². The predicted octanol–water partition coefficient (Wildman–Crippen LogP) is -2.03. The molecule has 0 radical (unpaired) electrons. The summed E-state index contributed by atoms with van der Waals surface area (Å²) in [7, 11) is 0. The monoisotopic (exact) mass is 1110 g/mol. The van der Waals surface area contributed by atoms with Crippen molar-refractivity contribution >= 4 is 81.8 Å². The Morgan fingerprint density at radius 2 is 1.58 bits per heavy atom. The number of hydrogen-bond acceptors (Lipinski definition) is 17. The third-order valence-corrected chi connectivity index (χ3v) is 15.5. The van der Waals surface area contributed by atoms with Crippen LogP contribution in [-0.2, 0) is 54.3 Å².